The number of nitrogens with zero attached hydrogens (tertiary/aromatic N) is 1. The second-order valence-corrected chi connectivity index (χ2v) is 4.83. The SMILES string of the molecule is CCOC(=O)/C(C)=C/c1cccc(Cc2ccncc2)c1. The van der Waals surface area contributed by atoms with Gasteiger partial charge in [-0.2, -0.15) is 0 Å². The van der Waals surface area contributed by atoms with E-state index in [0.29, 0.717) is 12.2 Å². The first kappa shape index (κ1) is 15.0. The summed E-state index contributed by atoms with van der Waals surface area (Å²) in [4.78, 5) is 15.6. The molecule has 2 rings (SSSR count). The summed E-state index contributed by atoms with van der Waals surface area (Å²) in [7, 11) is 0. The van der Waals surface area contributed by atoms with Crippen molar-refractivity contribution in [2.75, 3.05) is 6.61 Å². The lowest BCUT2D eigenvalue weighted by atomic mass is 10.0. The smallest absolute Gasteiger partial charge is 0.333 e. The number of hydrogen-bond donors (Lipinski definition) is 0. The Labute approximate surface area is 125 Å². The summed E-state index contributed by atoms with van der Waals surface area (Å²) in [5, 5.41) is 0. The normalized spacial score (nSPS) is 11.2. The van der Waals surface area contributed by atoms with Crippen molar-refractivity contribution in [1.82, 2.24) is 4.98 Å². The molecule has 0 aliphatic carbocycles. The van der Waals surface area contributed by atoms with Crippen molar-refractivity contribution in [3.63, 3.8) is 0 Å². The molecule has 0 saturated heterocycles. The number of aromatic nitrogens is 1. The molecule has 0 fully saturated rings. The van der Waals surface area contributed by atoms with Crippen LogP contribution in [0.25, 0.3) is 6.08 Å². The Kier molecular flexibility index (Phi) is 5.27. The Bertz CT molecular complexity index is 633. The third kappa shape index (κ3) is 4.56. The quantitative estimate of drug-likeness (QED) is 0.620. The number of hydrogen-bond acceptors (Lipinski definition) is 3. The van der Waals surface area contributed by atoms with E-state index < -0.39 is 0 Å². The fourth-order valence-corrected chi connectivity index (χ4v) is 2.08. The highest BCUT2D eigenvalue weighted by molar-refractivity contribution is 5.93. The molecular formula is C18H19NO2. The summed E-state index contributed by atoms with van der Waals surface area (Å²) in [6, 6.07) is 12.2. The Morgan fingerprint density at radius 3 is 2.67 bits per heavy atom. The summed E-state index contributed by atoms with van der Waals surface area (Å²) >= 11 is 0. The number of rotatable bonds is 5. The van der Waals surface area contributed by atoms with Gasteiger partial charge in [0.25, 0.3) is 0 Å². The van der Waals surface area contributed by atoms with Gasteiger partial charge < -0.3 is 4.74 Å². The van der Waals surface area contributed by atoms with Crippen LogP contribution in [0, 0.1) is 0 Å². The molecule has 0 aliphatic heterocycles. The summed E-state index contributed by atoms with van der Waals surface area (Å²) in [6.45, 7) is 3.97. The molecule has 0 bridgehead atoms. The van der Waals surface area contributed by atoms with Gasteiger partial charge in [0.2, 0.25) is 0 Å². The minimum atomic E-state index is -0.267. The van der Waals surface area contributed by atoms with Gasteiger partial charge in [-0.15, -0.1) is 0 Å². The van der Waals surface area contributed by atoms with Gasteiger partial charge in [-0.3, -0.25) is 4.98 Å². The molecular weight excluding hydrogens is 262 g/mol. The number of pyridine rings is 1. The number of ether oxygens (including phenoxy) is 1. The second kappa shape index (κ2) is 7.39. The van der Waals surface area contributed by atoms with E-state index in [1.807, 2.05) is 30.3 Å². The van der Waals surface area contributed by atoms with Gasteiger partial charge in [-0.25, -0.2) is 4.79 Å². The minimum Gasteiger partial charge on any atom is -0.463 e. The largest absolute Gasteiger partial charge is 0.463 e. The van der Waals surface area contributed by atoms with E-state index in [-0.39, 0.29) is 5.97 Å². The van der Waals surface area contributed by atoms with E-state index in [9.17, 15) is 4.79 Å². The van der Waals surface area contributed by atoms with Crippen LogP contribution in [0.2, 0.25) is 0 Å². The molecule has 3 heteroatoms. The molecule has 0 amide bonds. The lowest BCUT2D eigenvalue weighted by molar-refractivity contribution is -0.138. The summed E-state index contributed by atoms with van der Waals surface area (Å²) in [5.74, 6) is -0.267. The fourth-order valence-electron chi connectivity index (χ4n) is 2.08. The highest BCUT2D eigenvalue weighted by Crippen LogP contribution is 2.14. The first-order valence-electron chi connectivity index (χ1n) is 7.02. The molecule has 108 valence electrons. The van der Waals surface area contributed by atoms with Gasteiger partial charge in [0.15, 0.2) is 0 Å². The molecule has 1 aromatic carbocycles. The van der Waals surface area contributed by atoms with Gasteiger partial charge in [0.1, 0.15) is 0 Å². The van der Waals surface area contributed by atoms with Gasteiger partial charge in [-0.05, 0) is 55.2 Å². The van der Waals surface area contributed by atoms with E-state index in [4.69, 9.17) is 4.74 Å². The van der Waals surface area contributed by atoms with Crippen LogP contribution in [0.4, 0.5) is 0 Å². The average molecular weight is 281 g/mol. The van der Waals surface area contributed by atoms with Crippen molar-refractivity contribution < 1.29 is 9.53 Å². The van der Waals surface area contributed by atoms with E-state index >= 15 is 0 Å². The Hall–Kier alpha value is -2.42. The number of carbonyl (C=O) groups excluding carboxylic acids is 1. The fraction of sp³-hybridized carbons (Fsp3) is 0.222. The van der Waals surface area contributed by atoms with Crippen LogP contribution >= 0.6 is 0 Å². The second-order valence-electron chi connectivity index (χ2n) is 4.83. The van der Waals surface area contributed by atoms with Crippen LogP contribution in [-0.4, -0.2) is 17.6 Å². The topological polar surface area (TPSA) is 39.2 Å². The average Bonchev–Trinajstić information content (AvgIpc) is 2.49. The Balaban J connectivity index is 2.14. The lowest BCUT2D eigenvalue weighted by Crippen LogP contribution is -2.04. The van der Waals surface area contributed by atoms with Crippen molar-refractivity contribution in [2.45, 2.75) is 20.3 Å². The van der Waals surface area contributed by atoms with E-state index in [2.05, 4.69) is 17.1 Å². The molecule has 0 aliphatic rings. The molecule has 0 unspecified atom stereocenters. The first-order valence-corrected chi connectivity index (χ1v) is 7.02. The third-order valence-corrected chi connectivity index (χ3v) is 3.09. The summed E-state index contributed by atoms with van der Waals surface area (Å²) in [6.07, 6.45) is 6.30. The molecule has 3 nitrogen and oxygen atoms in total. The summed E-state index contributed by atoms with van der Waals surface area (Å²) < 4.78 is 4.99. The molecule has 0 radical (unpaired) electrons. The van der Waals surface area contributed by atoms with Crippen LogP contribution in [-0.2, 0) is 16.0 Å². The van der Waals surface area contributed by atoms with Crippen LogP contribution in [0.3, 0.4) is 0 Å². The minimum absolute atomic E-state index is 0.267. The predicted octanol–water partition coefficient (Wildman–Crippen LogP) is 3.64. The molecule has 0 spiro atoms. The van der Waals surface area contributed by atoms with E-state index in [1.165, 1.54) is 11.1 Å². The van der Waals surface area contributed by atoms with Crippen molar-refractivity contribution in [1.29, 1.82) is 0 Å². The van der Waals surface area contributed by atoms with Crippen molar-refractivity contribution in [3.05, 3.63) is 71.1 Å². The molecule has 1 heterocycles. The molecule has 0 N–H and O–H groups in total. The molecule has 21 heavy (non-hydrogen) atoms. The number of esters is 1. The first-order chi connectivity index (χ1) is 10.2. The van der Waals surface area contributed by atoms with Crippen LogP contribution in [0.5, 0.6) is 0 Å². The van der Waals surface area contributed by atoms with Crippen LogP contribution in [0.1, 0.15) is 30.5 Å². The maximum Gasteiger partial charge on any atom is 0.333 e. The van der Waals surface area contributed by atoms with Crippen LogP contribution < -0.4 is 0 Å². The zero-order valence-electron chi connectivity index (χ0n) is 12.4. The molecule has 0 saturated carbocycles. The van der Waals surface area contributed by atoms with Crippen LogP contribution in [0.15, 0.2) is 54.4 Å². The van der Waals surface area contributed by atoms with Gasteiger partial charge in [-0.1, -0.05) is 24.3 Å². The summed E-state index contributed by atoms with van der Waals surface area (Å²) in [5.41, 5.74) is 4.03. The predicted molar refractivity (Wildman–Crippen MR) is 83.8 cm³/mol. The highest BCUT2D eigenvalue weighted by atomic mass is 16.5. The molecule has 2 aromatic rings. The standard InChI is InChI=1S/C18H19NO2/c1-3-21-18(20)14(2)11-16-5-4-6-17(13-16)12-15-7-9-19-10-8-15/h4-11,13H,3,12H2,1-2H3/b14-11+. The van der Waals surface area contributed by atoms with Crippen molar-refractivity contribution in [3.8, 4) is 0 Å². The molecule has 0 atom stereocenters. The third-order valence-electron chi connectivity index (χ3n) is 3.09. The van der Waals surface area contributed by atoms with E-state index in [0.717, 1.165) is 12.0 Å². The highest BCUT2D eigenvalue weighted by Gasteiger charge is 2.04. The maximum absolute atomic E-state index is 11.6. The van der Waals surface area contributed by atoms with Crippen molar-refractivity contribution >= 4 is 12.0 Å². The lowest BCUT2D eigenvalue weighted by Gasteiger charge is -2.05. The Morgan fingerprint density at radius 1 is 1.19 bits per heavy atom. The zero-order chi connectivity index (χ0) is 15.1. The maximum atomic E-state index is 11.6. The number of carbonyl (C=O) groups is 1. The van der Waals surface area contributed by atoms with Gasteiger partial charge in [0.05, 0.1) is 6.61 Å². The number of benzene rings is 1. The van der Waals surface area contributed by atoms with Gasteiger partial charge >= 0.3 is 5.97 Å². The zero-order valence-corrected chi connectivity index (χ0v) is 12.4. The van der Waals surface area contributed by atoms with Gasteiger partial charge in [0, 0.05) is 18.0 Å². The van der Waals surface area contributed by atoms with Crippen molar-refractivity contribution in [2.24, 2.45) is 0 Å². The van der Waals surface area contributed by atoms with E-state index in [1.54, 1.807) is 26.2 Å². The molecule has 1 aromatic heterocycles. The Morgan fingerprint density at radius 2 is 1.95 bits per heavy atom. The monoisotopic (exact) mass is 281 g/mol.